The van der Waals surface area contributed by atoms with E-state index in [4.69, 9.17) is 0 Å². The van der Waals surface area contributed by atoms with Gasteiger partial charge in [-0.25, -0.2) is 0 Å². The van der Waals surface area contributed by atoms with E-state index in [-0.39, 0.29) is 0 Å². The zero-order valence-electron chi connectivity index (χ0n) is 11.2. The van der Waals surface area contributed by atoms with Gasteiger partial charge in [-0.3, -0.25) is 0 Å². The van der Waals surface area contributed by atoms with Crippen LogP contribution in [0.5, 0.6) is 0 Å². The van der Waals surface area contributed by atoms with E-state index >= 15 is 0 Å². The molecule has 2 aliphatic rings. The van der Waals surface area contributed by atoms with Gasteiger partial charge < -0.3 is 5.32 Å². The van der Waals surface area contributed by atoms with Crippen molar-refractivity contribution in [3.05, 3.63) is 0 Å². The first-order chi connectivity index (χ1) is 7.77. The van der Waals surface area contributed by atoms with Crippen LogP contribution in [0.4, 0.5) is 0 Å². The van der Waals surface area contributed by atoms with Crippen molar-refractivity contribution in [2.24, 2.45) is 11.8 Å². The van der Waals surface area contributed by atoms with Gasteiger partial charge in [0, 0.05) is 12.1 Å². The van der Waals surface area contributed by atoms with Gasteiger partial charge in [0.2, 0.25) is 0 Å². The second kappa shape index (κ2) is 6.05. The maximum Gasteiger partial charge on any atom is 0.0100 e. The predicted molar refractivity (Wildman–Crippen MR) is 70.6 cm³/mol. The molecule has 2 aliphatic carbocycles. The smallest absolute Gasteiger partial charge is 0.0100 e. The molecule has 1 N–H and O–H groups in total. The number of nitrogens with one attached hydrogen (secondary N) is 1. The lowest BCUT2D eigenvalue weighted by molar-refractivity contribution is 0.145. The second-order valence-corrected chi connectivity index (χ2v) is 6.27. The second-order valence-electron chi connectivity index (χ2n) is 6.27. The number of hydrogen-bond acceptors (Lipinski definition) is 1. The summed E-state index contributed by atoms with van der Waals surface area (Å²) < 4.78 is 0. The molecule has 0 aromatic rings. The van der Waals surface area contributed by atoms with Gasteiger partial charge in [-0.1, -0.05) is 58.8 Å². The molecule has 0 spiro atoms. The van der Waals surface area contributed by atoms with Crippen LogP contribution in [0, 0.1) is 11.8 Å². The molecule has 2 fully saturated rings. The number of rotatable bonds is 3. The normalized spacial score (nSPS) is 33.2. The molecule has 1 nitrogen and oxygen atoms in total. The molecule has 16 heavy (non-hydrogen) atoms. The summed E-state index contributed by atoms with van der Waals surface area (Å²) in [5, 5.41) is 3.83. The molecule has 0 bridgehead atoms. The van der Waals surface area contributed by atoms with Gasteiger partial charge in [-0.2, -0.15) is 0 Å². The molecule has 2 saturated carbocycles. The molecule has 0 heterocycles. The lowest BCUT2D eigenvalue weighted by atomic mass is 9.71. The first kappa shape index (κ1) is 12.4. The highest BCUT2D eigenvalue weighted by Gasteiger charge is 2.32. The van der Waals surface area contributed by atoms with Gasteiger partial charge in [0.25, 0.3) is 0 Å². The highest BCUT2D eigenvalue weighted by atomic mass is 14.9. The molecular formula is C15H29N. The van der Waals surface area contributed by atoms with E-state index in [9.17, 15) is 0 Å². The van der Waals surface area contributed by atoms with Crippen molar-refractivity contribution in [2.75, 3.05) is 0 Å². The van der Waals surface area contributed by atoms with Gasteiger partial charge in [0.15, 0.2) is 0 Å². The van der Waals surface area contributed by atoms with E-state index in [2.05, 4.69) is 19.2 Å². The molecule has 1 heteroatoms. The fourth-order valence-corrected chi connectivity index (χ4v) is 3.92. The van der Waals surface area contributed by atoms with Crippen LogP contribution in [0.3, 0.4) is 0 Å². The van der Waals surface area contributed by atoms with Crippen molar-refractivity contribution >= 4 is 0 Å². The van der Waals surface area contributed by atoms with Crippen LogP contribution >= 0.6 is 0 Å². The van der Waals surface area contributed by atoms with Crippen LogP contribution in [0.2, 0.25) is 0 Å². The Morgan fingerprint density at radius 1 is 0.812 bits per heavy atom. The maximum atomic E-state index is 3.83. The topological polar surface area (TPSA) is 12.0 Å². The highest BCUT2D eigenvalue weighted by Crippen LogP contribution is 2.38. The van der Waals surface area contributed by atoms with Gasteiger partial charge in [-0.05, 0) is 24.7 Å². The summed E-state index contributed by atoms with van der Waals surface area (Å²) in [7, 11) is 0. The predicted octanol–water partition coefficient (Wildman–Crippen LogP) is 4.12. The van der Waals surface area contributed by atoms with Gasteiger partial charge >= 0.3 is 0 Å². The summed E-state index contributed by atoms with van der Waals surface area (Å²) in [6.45, 7) is 4.60. The molecule has 2 rings (SSSR count). The van der Waals surface area contributed by atoms with Crippen LogP contribution in [-0.4, -0.2) is 12.1 Å². The van der Waals surface area contributed by atoms with Crippen molar-refractivity contribution < 1.29 is 0 Å². The van der Waals surface area contributed by atoms with E-state index in [1.165, 1.54) is 57.8 Å². The summed E-state index contributed by atoms with van der Waals surface area (Å²) in [5.41, 5.74) is 0. The van der Waals surface area contributed by atoms with Crippen LogP contribution < -0.4 is 5.32 Å². The standard InChI is InChI=1S/C15H29N/c1-12(2)16-15-11-7-6-10-14(15)13-8-4-3-5-9-13/h12-16H,3-11H2,1-2H3. The fourth-order valence-electron chi connectivity index (χ4n) is 3.92. The molecule has 2 unspecified atom stereocenters. The molecule has 0 radical (unpaired) electrons. The Kier molecular flexibility index (Phi) is 4.69. The Balaban J connectivity index is 1.92. The first-order valence-corrected chi connectivity index (χ1v) is 7.53. The Morgan fingerprint density at radius 2 is 1.44 bits per heavy atom. The third-order valence-electron chi connectivity index (χ3n) is 4.62. The van der Waals surface area contributed by atoms with Crippen LogP contribution in [0.15, 0.2) is 0 Å². The van der Waals surface area contributed by atoms with Crippen LogP contribution in [0.25, 0.3) is 0 Å². The van der Waals surface area contributed by atoms with E-state index in [0.717, 1.165) is 17.9 Å². The molecule has 0 aliphatic heterocycles. The summed E-state index contributed by atoms with van der Waals surface area (Å²) in [4.78, 5) is 0. The minimum Gasteiger partial charge on any atom is -0.311 e. The minimum absolute atomic E-state index is 0.661. The van der Waals surface area contributed by atoms with E-state index in [1.807, 2.05) is 0 Å². The highest BCUT2D eigenvalue weighted by molar-refractivity contribution is 4.87. The quantitative estimate of drug-likeness (QED) is 0.759. The molecular weight excluding hydrogens is 194 g/mol. The lowest BCUT2D eigenvalue weighted by Gasteiger charge is -2.40. The summed E-state index contributed by atoms with van der Waals surface area (Å²) >= 11 is 0. The zero-order chi connectivity index (χ0) is 11.4. The molecule has 0 saturated heterocycles. The molecule has 94 valence electrons. The monoisotopic (exact) mass is 223 g/mol. The minimum atomic E-state index is 0.661. The Morgan fingerprint density at radius 3 is 2.12 bits per heavy atom. The average molecular weight is 223 g/mol. The van der Waals surface area contributed by atoms with E-state index in [0.29, 0.717) is 6.04 Å². The van der Waals surface area contributed by atoms with Crippen LogP contribution in [0.1, 0.15) is 71.6 Å². The lowest BCUT2D eigenvalue weighted by Crippen LogP contribution is -2.45. The SMILES string of the molecule is CC(C)NC1CCCCC1C1CCCCC1. The summed E-state index contributed by atoms with van der Waals surface area (Å²) in [5.74, 6) is 2.04. The Bertz CT molecular complexity index is 194. The summed E-state index contributed by atoms with van der Waals surface area (Å²) in [6.07, 6.45) is 13.4. The largest absolute Gasteiger partial charge is 0.311 e. The molecule has 0 aromatic carbocycles. The Hall–Kier alpha value is -0.0400. The molecule has 0 aromatic heterocycles. The van der Waals surface area contributed by atoms with Crippen molar-refractivity contribution in [2.45, 2.75) is 83.7 Å². The van der Waals surface area contributed by atoms with Gasteiger partial charge in [-0.15, -0.1) is 0 Å². The molecule has 0 amide bonds. The summed E-state index contributed by atoms with van der Waals surface area (Å²) in [6, 6.07) is 1.49. The van der Waals surface area contributed by atoms with Gasteiger partial charge in [0.05, 0.1) is 0 Å². The Labute approximate surface area is 101 Å². The van der Waals surface area contributed by atoms with Crippen molar-refractivity contribution in [3.8, 4) is 0 Å². The zero-order valence-corrected chi connectivity index (χ0v) is 11.2. The van der Waals surface area contributed by atoms with E-state index < -0.39 is 0 Å². The molecule has 2 atom stereocenters. The van der Waals surface area contributed by atoms with Crippen molar-refractivity contribution in [1.82, 2.24) is 5.32 Å². The van der Waals surface area contributed by atoms with E-state index in [1.54, 1.807) is 0 Å². The third-order valence-corrected chi connectivity index (χ3v) is 4.62. The number of hydrogen-bond donors (Lipinski definition) is 1. The fraction of sp³-hybridized carbons (Fsp3) is 1.00. The van der Waals surface area contributed by atoms with Crippen molar-refractivity contribution in [1.29, 1.82) is 0 Å². The maximum absolute atomic E-state index is 3.83. The van der Waals surface area contributed by atoms with Crippen LogP contribution in [-0.2, 0) is 0 Å². The third kappa shape index (κ3) is 3.23. The van der Waals surface area contributed by atoms with Gasteiger partial charge in [0.1, 0.15) is 0 Å². The first-order valence-electron chi connectivity index (χ1n) is 7.53. The van der Waals surface area contributed by atoms with Crippen molar-refractivity contribution in [3.63, 3.8) is 0 Å². The average Bonchev–Trinajstić information content (AvgIpc) is 2.30.